The highest BCUT2D eigenvalue weighted by Gasteiger charge is 2.16. The summed E-state index contributed by atoms with van der Waals surface area (Å²) in [6.45, 7) is 5.52. The Balaban J connectivity index is 1.94. The molecule has 1 fully saturated rings. The monoisotopic (exact) mass is 252 g/mol. The number of nitrogens with one attached hydrogen (secondary N) is 1. The SMILES string of the molecule is CCN1CCCC(Nc2ccc(O)c(F)c2)CC1. The lowest BCUT2D eigenvalue weighted by atomic mass is 10.1. The summed E-state index contributed by atoms with van der Waals surface area (Å²) in [6.07, 6.45) is 3.36. The van der Waals surface area contributed by atoms with Crippen LogP contribution in [0, 0.1) is 5.82 Å². The first-order chi connectivity index (χ1) is 8.69. The van der Waals surface area contributed by atoms with E-state index in [-0.39, 0.29) is 5.75 Å². The summed E-state index contributed by atoms with van der Waals surface area (Å²) in [5, 5.41) is 12.5. The lowest BCUT2D eigenvalue weighted by molar-refractivity contribution is 0.300. The smallest absolute Gasteiger partial charge is 0.166 e. The molecule has 4 heteroatoms. The van der Waals surface area contributed by atoms with Crippen molar-refractivity contribution >= 4 is 5.69 Å². The fourth-order valence-corrected chi connectivity index (χ4v) is 2.45. The van der Waals surface area contributed by atoms with Gasteiger partial charge in [-0.1, -0.05) is 6.92 Å². The molecule has 18 heavy (non-hydrogen) atoms. The number of hydrogen-bond acceptors (Lipinski definition) is 3. The van der Waals surface area contributed by atoms with Gasteiger partial charge in [0.2, 0.25) is 0 Å². The lowest BCUT2D eigenvalue weighted by Crippen LogP contribution is -2.26. The molecule has 2 N–H and O–H groups in total. The fourth-order valence-electron chi connectivity index (χ4n) is 2.45. The molecule has 0 radical (unpaired) electrons. The summed E-state index contributed by atoms with van der Waals surface area (Å²) in [5.74, 6) is -0.859. The molecule has 1 heterocycles. The van der Waals surface area contributed by atoms with Crippen LogP contribution in [0.25, 0.3) is 0 Å². The molecule has 2 rings (SSSR count). The number of halogens is 1. The van der Waals surface area contributed by atoms with Gasteiger partial charge in [0.15, 0.2) is 11.6 Å². The van der Waals surface area contributed by atoms with E-state index in [1.807, 2.05) is 0 Å². The Hall–Kier alpha value is -1.29. The van der Waals surface area contributed by atoms with Crippen molar-refractivity contribution in [1.82, 2.24) is 4.90 Å². The molecule has 0 amide bonds. The maximum absolute atomic E-state index is 13.2. The standard InChI is InChI=1S/C14H21FN2O/c1-2-17-8-3-4-11(7-9-17)16-12-5-6-14(18)13(15)10-12/h5-6,10-11,16,18H,2-4,7-9H2,1H3. The van der Waals surface area contributed by atoms with Crippen molar-refractivity contribution in [2.75, 3.05) is 25.0 Å². The average Bonchev–Trinajstić information content (AvgIpc) is 2.59. The van der Waals surface area contributed by atoms with Gasteiger partial charge in [0, 0.05) is 24.3 Å². The highest BCUT2D eigenvalue weighted by molar-refractivity contribution is 5.47. The Labute approximate surface area is 108 Å². The molecular weight excluding hydrogens is 231 g/mol. The number of anilines is 1. The molecule has 0 spiro atoms. The zero-order chi connectivity index (χ0) is 13.0. The summed E-state index contributed by atoms with van der Waals surface area (Å²) in [4.78, 5) is 2.44. The third kappa shape index (κ3) is 3.35. The van der Waals surface area contributed by atoms with Gasteiger partial charge >= 0.3 is 0 Å². The molecule has 1 aromatic rings. The number of hydrogen-bond donors (Lipinski definition) is 2. The van der Waals surface area contributed by atoms with Gasteiger partial charge in [-0.3, -0.25) is 0 Å². The lowest BCUT2D eigenvalue weighted by Gasteiger charge is -2.19. The van der Waals surface area contributed by atoms with Gasteiger partial charge in [-0.05, 0) is 44.5 Å². The zero-order valence-electron chi connectivity index (χ0n) is 10.8. The molecule has 0 aromatic heterocycles. The normalized spacial score (nSPS) is 21.6. The molecule has 1 unspecified atom stereocenters. The van der Waals surface area contributed by atoms with Crippen LogP contribution in [0.3, 0.4) is 0 Å². The Morgan fingerprint density at radius 2 is 2.22 bits per heavy atom. The van der Waals surface area contributed by atoms with Crippen LogP contribution >= 0.6 is 0 Å². The fraction of sp³-hybridized carbons (Fsp3) is 0.571. The van der Waals surface area contributed by atoms with E-state index in [1.54, 1.807) is 6.07 Å². The van der Waals surface area contributed by atoms with Gasteiger partial charge < -0.3 is 15.3 Å². The summed E-state index contributed by atoms with van der Waals surface area (Å²) in [5.41, 5.74) is 0.750. The Morgan fingerprint density at radius 1 is 1.39 bits per heavy atom. The van der Waals surface area contributed by atoms with E-state index in [0.29, 0.717) is 6.04 Å². The van der Waals surface area contributed by atoms with Crippen molar-refractivity contribution in [1.29, 1.82) is 0 Å². The van der Waals surface area contributed by atoms with Crippen LogP contribution in [0.15, 0.2) is 18.2 Å². The molecule has 0 aliphatic carbocycles. The second kappa shape index (κ2) is 6.05. The van der Waals surface area contributed by atoms with Crippen LogP contribution in [0.2, 0.25) is 0 Å². The van der Waals surface area contributed by atoms with E-state index < -0.39 is 5.82 Å². The van der Waals surface area contributed by atoms with Gasteiger partial charge in [-0.2, -0.15) is 0 Å². The molecule has 1 aromatic carbocycles. The van der Waals surface area contributed by atoms with E-state index in [9.17, 15) is 4.39 Å². The second-order valence-corrected chi connectivity index (χ2v) is 4.87. The third-order valence-corrected chi connectivity index (χ3v) is 3.59. The number of phenols is 1. The van der Waals surface area contributed by atoms with Crippen LogP contribution in [0.1, 0.15) is 26.2 Å². The van der Waals surface area contributed by atoms with E-state index in [1.165, 1.54) is 18.6 Å². The minimum Gasteiger partial charge on any atom is -0.505 e. The van der Waals surface area contributed by atoms with Gasteiger partial charge in [-0.25, -0.2) is 4.39 Å². The molecule has 0 bridgehead atoms. The first-order valence-electron chi connectivity index (χ1n) is 6.66. The summed E-state index contributed by atoms with van der Waals surface area (Å²) in [6, 6.07) is 4.87. The highest BCUT2D eigenvalue weighted by atomic mass is 19.1. The van der Waals surface area contributed by atoms with E-state index in [0.717, 1.165) is 38.2 Å². The number of rotatable bonds is 3. The number of aromatic hydroxyl groups is 1. The quantitative estimate of drug-likeness (QED) is 0.812. The minimum atomic E-state index is -0.566. The molecular formula is C14H21FN2O. The first-order valence-corrected chi connectivity index (χ1v) is 6.66. The third-order valence-electron chi connectivity index (χ3n) is 3.59. The van der Waals surface area contributed by atoms with Crippen LogP contribution in [-0.2, 0) is 0 Å². The van der Waals surface area contributed by atoms with Crippen LogP contribution < -0.4 is 5.32 Å². The Bertz CT molecular complexity index is 397. The van der Waals surface area contributed by atoms with Gasteiger partial charge in [0.25, 0.3) is 0 Å². The van der Waals surface area contributed by atoms with Crippen molar-refractivity contribution in [2.45, 2.75) is 32.2 Å². The van der Waals surface area contributed by atoms with Crippen molar-refractivity contribution in [3.05, 3.63) is 24.0 Å². The number of phenolic OH excluding ortho intramolecular Hbond substituents is 1. The summed E-state index contributed by atoms with van der Waals surface area (Å²) < 4.78 is 13.2. The minimum absolute atomic E-state index is 0.293. The van der Waals surface area contributed by atoms with E-state index >= 15 is 0 Å². The molecule has 1 aliphatic rings. The number of nitrogens with zero attached hydrogens (tertiary/aromatic N) is 1. The maximum atomic E-state index is 13.2. The van der Waals surface area contributed by atoms with E-state index in [2.05, 4.69) is 17.1 Å². The largest absolute Gasteiger partial charge is 0.505 e. The van der Waals surface area contributed by atoms with Crippen LogP contribution in [0.5, 0.6) is 5.75 Å². The van der Waals surface area contributed by atoms with Crippen molar-refractivity contribution in [3.8, 4) is 5.75 Å². The predicted octanol–water partition coefficient (Wildman–Crippen LogP) is 2.82. The van der Waals surface area contributed by atoms with Crippen molar-refractivity contribution in [3.63, 3.8) is 0 Å². The number of likely N-dealkylation sites (tertiary alicyclic amines) is 1. The van der Waals surface area contributed by atoms with Crippen molar-refractivity contribution < 1.29 is 9.50 Å². The summed E-state index contributed by atoms with van der Waals surface area (Å²) in [7, 11) is 0. The molecule has 3 nitrogen and oxygen atoms in total. The molecule has 1 aliphatic heterocycles. The zero-order valence-corrected chi connectivity index (χ0v) is 10.8. The average molecular weight is 252 g/mol. The number of benzene rings is 1. The Kier molecular flexibility index (Phi) is 4.42. The van der Waals surface area contributed by atoms with Crippen LogP contribution in [-0.4, -0.2) is 35.7 Å². The van der Waals surface area contributed by atoms with Crippen molar-refractivity contribution in [2.24, 2.45) is 0 Å². The molecule has 100 valence electrons. The highest BCUT2D eigenvalue weighted by Crippen LogP contribution is 2.22. The van der Waals surface area contributed by atoms with E-state index in [4.69, 9.17) is 5.11 Å². The molecule has 0 saturated carbocycles. The first kappa shape index (κ1) is 13.1. The molecule has 1 saturated heterocycles. The Morgan fingerprint density at radius 3 is 2.94 bits per heavy atom. The van der Waals surface area contributed by atoms with Crippen LogP contribution in [0.4, 0.5) is 10.1 Å². The summed E-state index contributed by atoms with van der Waals surface area (Å²) >= 11 is 0. The van der Waals surface area contributed by atoms with Gasteiger partial charge in [0.05, 0.1) is 0 Å². The topological polar surface area (TPSA) is 35.5 Å². The predicted molar refractivity (Wildman–Crippen MR) is 71.4 cm³/mol. The maximum Gasteiger partial charge on any atom is 0.166 e. The molecule has 1 atom stereocenters. The second-order valence-electron chi connectivity index (χ2n) is 4.87. The van der Waals surface area contributed by atoms with Gasteiger partial charge in [0.1, 0.15) is 0 Å². The van der Waals surface area contributed by atoms with Gasteiger partial charge in [-0.15, -0.1) is 0 Å².